The molecule has 0 aliphatic carbocycles. The predicted molar refractivity (Wildman–Crippen MR) is 118 cm³/mol. The summed E-state index contributed by atoms with van der Waals surface area (Å²) in [6.07, 6.45) is 1.08. The van der Waals surface area contributed by atoms with E-state index in [4.69, 9.17) is 9.47 Å². The van der Waals surface area contributed by atoms with Crippen LogP contribution in [0.4, 0.5) is 13.2 Å². The topological polar surface area (TPSA) is 85.7 Å². The monoisotopic (exact) mass is 482 g/mol. The number of ether oxygens (including phenoxy) is 2. The van der Waals surface area contributed by atoms with E-state index in [1.165, 1.54) is 19.4 Å². The molecule has 2 amide bonds. The van der Waals surface area contributed by atoms with Gasteiger partial charge in [-0.3, -0.25) is 14.3 Å². The number of alkyl halides is 3. The number of methoxy groups -OCH3 is 1. The van der Waals surface area contributed by atoms with E-state index in [9.17, 15) is 22.8 Å². The van der Waals surface area contributed by atoms with Crippen LogP contribution in [0.3, 0.4) is 0 Å². The van der Waals surface area contributed by atoms with Crippen molar-refractivity contribution in [2.24, 2.45) is 13.0 Å². The average Bonchev–Trinajstić information content (AvgIpc) is 3.26. The van der Waals surface area contributed by atoms with Gasteiger partial charge in [0, 0.05) is 39.3 Å². The highest BCUT2D eigenvalue weighted by Crippen LogP contribution is 2.30. The van der Waals surface area contributed by atoms with Crippen molar-refractivity contribution >= 4 is 11.8 Å². The summed E-state index contributed by atoms with van der Waals surface area (Å²) in [4.78, 5) is 26.6. The Hall–Kier alpha value is -3.24. The number of amides is 2. The van der Waals surface area contributed by atoms with Crippen LogP contribution in [0.1, 0.15) is 35.2 Å². The van der Waals surface area contributed by atoms with Crippen molar-refractivity contribution in [3.63, 3.8) is 0 Å². The Morgan fingerprint density at radius 2 is 1.94 bits per heavy atom. The molecule has 186 valence electrons. The molecule has 11 heteroatoms. The summed E-state index contributed by atoms with van der Waals surface area (Å²) in [6, 6.07) is 4.66. The maximum Gasteiger partial charge on any atom is 0.422 e. The molecule has 8 nitrogen and oxygen atoms in total. The van der Waals surface area contributed by atoms with Gasteiger partial charge in [-0.15, -0.1) is 0 Å². The van der Waals surface area contributed by atoms with E-state index in [1.54, 1.807) is 30.1 Å². The molecule has 1 aromatic carbocycles. The molecule has 1 fully saturated rings. The number of likely N-dealkylation sites (tertiary alicyclic amines) is 1. The third-order valence-electron chi connectivity index (χ3n) is 5.73. The van der Waals surface area contributed by atoms with Gasteiger partial charge in [0.1, 0.15) is 0 Å². The van der Waals surface area contributed by atoms with Crippen molar-refractivity contribution < 1.29 is 32.2 Å². The van der Waals surface area contributed by atoms with E-state index in [1.807, 2.05) is 4.90 Å². The lowest BCUT2D eigenvalue weighted by molar-refractivity contribution is -0.153. The molecule has 1 saturated heterocycles. The molecule has 0 saturated carbocycles. The van der Waals surface area contributed by atoms with Gasteiger partial charge in [-0.1, -0.05) is 6.07 Å². The molecule has 1 aromatic heterocycles. The molecule has 1 aliphatic rings. The van der Waals surface area contributed by atoms with Crippen molar-refractivity contribution in [3.8, 4) is 11.5 Å². The van der Waals surface area contributed by atoms with Crippen LogP contribution >= 0.6 is 0 Å². The lowest BCUT2D eigenvalue weighted by Crippen LogP contribution is -2.41. The number of piperidine rings is 1. The van der Waals surface area contributed by atoms with Gasteiger partial charge < -0.3 is 19.7 Å². The summed E-state index contributed by atoms with van der Waals surface area (Å²) in [5.74, 6) is 0.375. The Balaban J connectivity index is 1.41. The molecule has 2 aromatic rings. The second-order valence-corrected chi connectivity index (χ2v) is 8.33. The molecule has 2 heterocycles. The molecule has 34 heavy (non-hydrogen) atoms. The Labute approximate surface area is 196 Å². The maximum absolute atomic E-state index is 12.6. The van der Waals surface area contributed by atoms with Crippen molar-refractivity contribution in [2.75, 3.05) is 33.4 Å². The fourth-order valence-electron chi connectivity index (χ4n) is 3.82. The standard InChI is InChI=1S/C23H29F3N4O4/c1-29-14-18(13-28-29)22(32)27-12-17-7-9-30(10-8-17)21(31)6-4-16-3-5-19(20(11-16)33-2)34-15-23(24,25)26/h3,5,11,13-14,17H,4,6-10,12,15H2,1-2H3,(H,27,32). The number of nitrogens with zero attached hydrogens (tertiary/aromatic N) is 3. The molecule has 0 atom stereocenters. The fraction of sp³-hybridized carbons (Fsp3) is 0.522. The van der Waals surface area contributed by atoms with Crippen LogP contribution in [0.2, 0.25) is 0 Å². The number of aromatic nitrogens is 2. The molecule has 0 radical (unpaired) electrons. The third kappa shape index (κ3) is 7.39. The molecular formula is C23H29F3N4O4. The molecule has 0 bridgehead atoms. The van der Waals surface area contributed by atoms with Gasteiger partial charge in [0.05, 0.1) is 18.9 Å². The van der Waals surface area contributed by atoms with Gasteiger partial charge in [-0.25, -0.2) is 0 Å². The largest absolute Gasteiger partial charge is 0.493 e. The van der Waals surface area contributed by atoms with E-state index in [0.717, 1.165) is 18.4 Å². The minimum atomic E-state index is -4.44. The highest BCUT2D eigenvalue weighted by atomic mass is 19.4. The maximum atomic E-state index is 12.6. The zero-order valence-corrected chi connectivity index (χ0v) is 19.2. The summed E-state index contributed by atoms with van der Waals surface area (Å²) in [5.41, 5.74) is 1.30. The van der Waals surface area contributed by atoms with Crippen molar-refractivity contribution in [3.05, 3.63) is 41.7 Å². The number of halogens is 3. The van der Waals surface area contributed by atoms with Gasteiger partial charge in [-0.2, -0.15) is 18.3 Å². The van der Waals surface area contributed by atoms with Crippen LogP contribution < -0.4 is 14.8 Å². The number of carbonyl (C=O) groups excluding carboxylic acids is 2. The van der Waals surface area contributed by atoms with Gasteiger partial charge in [0.2, 0.25) is 5.91 Å². The number of hydrogen-bond donors (Lipinski definition) is 1. The normalized spacial score (nSPS) is 14.7. The average molecular weight is 483 g/mol. The zero-order valence-electron chi connectivity index (χ0n) is 19.2. The first-order valence-corrected chi connectivity index (χ1v) is 11.1. The van der Waals surface area contributed by atoms with E-state index in [2.05, 4.69) is 10.4 Å². The van der Waals surface area contributed by atoms with E-state index < -0.39 is 12.8 Å². The summed E-state index contributed by atoms with van der Waals surface area (Å²) >= 11 is 0. The van der Waals surface area contributed by atoms with Gasteiger partial charge in [0.25, 0.3) is 5.91 Å². The van der Waals surface area contributed by atoms with Gasteiger partial charge in [0.15, 0.2) is 18.1 Å². The first-order valence-electron chi connectivity index (χ1n) is 11.1. The lowest BCUT2D eigenvalue weighted by atomic mass is 9.96. The Morgan fingerprint density at radius 1 is 1.21 bits per heavy atom. The summed E-state index contributed by atoms with van der Waals surface area (Å²) < 4.78 is 48.7. The summed E-state index contributed by atoms with van der Waals surface area (Å²) in [6.45, 7) is 0.405. The van der Waals surface area contributed by atoms with Crippen molar-refractivity contribution in [2.45, 2.75) is 31.9 Å². The SMILES string of the molecule is COc1cc(CCC(=O)N2CCC(CNC(=O)c3cnn(C)c3)CC2)ccc1OCC(F)(F)F. The Bertz CT molecular complexity index is 985. The predicted octanol–water partition coefficient (Wildman–Crippen LogP) is 2.97. The molecule has 1 aliphatic heterocycles. The second-order valence-electron chi connectivity index (χ2n) is 8.33. The van der Waals surface area contributed by atoms with Crippen LogP contribution in [0.25, 0.3) is 0 Å². The van der Waals surface area contributed by atoms with Crippen LogP contribution in [-0.4, -0.2) is 66.0 Å². The highest BCUT2D eigenvalue weighted by molar-refractivity contribution is 5.93. The zero-order chi connectivity index (χ0) is 24.7. The number of benzene rings is 1. The minimum absolute atomic E-state index is 0.00703. The Morgan fingerprint density at radius 3 is 2.56 bits per heavy atom. The van der Waals surface area contributed by atoms with E-state index >= 15 is 0 Å². The lowest BCUT2D eigenvalue weighted by Gasteiger charge is -2.32. The molecule has 0 unspecified atom stereocenters. The van der Waals surface area contributed by atoms with Crippen LogP contribution in [0.5, 0.6) is 11.5 Å². The number of carbonyl (C=O) groups is 2. The number of nitrogens with one attached hydrogen (secondary N) is 1. The van der Waals surface area contributed by atoms with Gasteiger partial charge in [-0.05, 0) is 42.9 Å². The number of rotatable bonds is 9. The Kier molecular flexibility index (Phi) is 8.41. The number of aryl methyl sites for hydroxylation is 2. The molecular weight excluding hydrogens is 453 g/mol. The first kappa shape index (κ1) is 25.4. The van der Waals surface area contributed by atoms with Crippen LogP contribution in [0, 0.1) is 5.92 Å². The number of hydrogen-bond acceptors (Lipinski definition) is 5. The summed E-state index contributed by atoms with van der Waals surface area (Å²) in [7, 11) is 3.11. The quantitative estimate of drug-likeness (QED) is 0.594. The summed E-state index contributed by atoms with van der Waals surface area (Å²) in [5, 5.41) is 6.91. The minimum Gasteiger partial charge on any atom is -0.493 e. The van der Waals surface area contributed by atoms with Gasteiger partial charge >= 0.3 is 6.18 Å². The highest BCUT2D eigenvalue weighted by Gasteiger charge is 2.29. The first-order chi connectivity index (χ1) is 16.1. The van der Waals surface area contributed by atoms with E-state index in [0.29, 0.717) is 37.5 Å². The smallest absolute Gasteiger partial charge is 0.422 e. The molecule has 3 rings (SSSR count). The third-order valence-corrected chi connectivity index (χ3v) is 5.73. The van der Waals surface area contributed by atoms with Crippen molar-refractivity contribution in [1.29, 1.82) is 0 Å². The van der Waals surface area contributed by atoms with Crippen molar-refractivity contribution in [1.82, 2.24) is 20.0 Å². The second kappa shape index (κ2) is 11.3. The molecule has 1 N–H and O–H groups in total. The van der Waals surface area contributed by atoms with Crippen LogP contribution in [0.15, 0.2) is 30.6 Å². The fourth-order valence-corrected chi connectivity index (χ4v) is 3.82. The van der Waals surface area contributed by atoms with Crippen LogP contribution in [-0.2, 0) is 18.3 Å². The molecule has 0 spiro atoms. The van der Waals surface area contributed by atoms with E-state index in [-0.39, 0.29) is 29.7 Å².